The van der Waals surface area contributed by atoms with Gasteiger partial charge in [-0.3, -0.25) is 10.1 Å². The molecule has 0 radical (unpaired) electrons. The molecule has 0 saturated carbocycles. The van der Waals surface area contributed by atoms with Crippen molar-refractivity contribution in [2.24, 2.45) is 0 Å². The van der Waals surface area contributed by atoms with Gasteiger partial charge >= 0.3 is 51.4 Å². The first kappa shape index (κ1) is 15.7. The molecular weight excluding hydrogens is 257 g/mol. The van der Waals surface area contributed by atoms with Gasteiger partial charge in [-0.2, -0.15) is 0 Å². The van der Waals surface area contributed by atoms with Gasteiger partial charge < -0.3 is 0 Å². The van der Waals surface area contributed by atoms with Crippen molar-refractivity contribution in [2.45, 2.75) is 5.75 Å². The van der Waals surface area contributed by atoms with E-state index in [1.54, 1.807) is 0 Å². The Bertz CT molecular complexity index is 343. The SMILES string of the molecule is O=[N+]([O-])/C=C(\S)SCc1ccccc1.[K+]. The second-order valence-corrected chi connectivity index (χ2v) is 4.33. The summed E-state index contributed by atoms with van der Waals surface area (Å²) in [6.07, 6.45) is 0.900. The number of benzene rings is 1. The van der Waals surface area contributed by atoms with Crippen LogP contribution < -0.4 is 51.4 Å². The third kappa shape index (κ3) is 7.56. The van der Waals surface area contributed by atoms with Crippen molar-refractivity contribution >= 4 is 24.4 Å². The predicted molar refractivity (Wildman–Crippen MR) is 61.8 cm³/mol. The van der Waals surface area contributed by atoms with Crippen LogP contribution in [0.2, 0.25) is 0 Å². The number of hydrogen-bond donors (Lipinski definition) is 1. The number of nitrogens with zero attached hydrogens (tertiary/aromatic N) is 1. The first-order valence-corrected chi connectivity index (χ1v) is 5.33. The van der Waals surface area contributed by atoms with Gasteiger partial charge in [-0.25, -0.2) is 0 Å². The Labute approximate surface area is 141 Å². The van der Waals surface area contributed by atoms with Crippen molar-refractivity contribution < 1.29 is 56.3 Å². The molecule has 0 aliphatic heterocycles. The van der Waals surface area contributed by atoms with Gasteiger partial charge in [-0.05, 0) is 5.56 Å². The molecule has 0 heterocycles. The molecule has 1 aromatic carbocycles. The molecule has 0 saturated heterocycles. The van der Waals surface area contributed by atoms with Gasteiger partial charge in [0.1, 0.15) is 4.24 Å². The van der Waals surface area contributed by atoms with E-state index in [0.29, 0.717) is 9.99 Å². The maximum absolute atomic E-state index is 10.1. The largest absolute Gasteiger partial charge is 1.00 e. The van der Waals surface area contributed by atoms with E-state index < -0.39 is 4.92 Å². The summed E-state index contributed by atoms with van der Waals surface area (Å²) in [6, 6.07) is 9.75. The molecule has 0 amide bonds. The summed E-state index contributed by atoms with van der Waals surface area (Å²) in [5.41, 5.74) is 1.13. The minimum Gasteiger partial charge on any atom is -0.259 e. The molecule has 1 rings (SSSR count). The van der Waals surface area contributed by atoms with Crippen molar-refractivity contribution in [2.75, 3.05) is 0 Å². The van der Waals surface area contributed by atoms with Crippen LogP contribution in [-0.4, -0.2) is 4.92 Å². The molecule has 0 fully saturated rings. The summed E-state index contributed by atoms with van der Waals surface area (Å²) in [6.45, 7) is 0. The van der Waals surface area contributed by atoms with Crippen LogP contribution in [0.4, 0.5) is 0 Å². The fraction of sp³-hybridized carbons (Fsp3) is 0.111. The number of hydrogen-bond acceptors (Lipinski definition) is 4. The topological polar surface area (TPSA) is 43.1 Å². The van der Waals surface area contributed by atoms with Crippen molar-refractivity contribution in [1.29, 1.82) is 0 Å². The van der Waals surface area contributed by atoms with Crippen molar-refractivity contribution in [3.05, 3.63) is 56.4 Å². The first-order valence-electron chi connectivity index (χ1n) is 3.89. The predicted octanol–water partition coefficient (Wildman–Crippen LogP) is -0.0708. The zero-order valence-corrected chi connectivity index (χ0v) is 13.1. The van der Waals surface area contributed by atoms with Crippen molar-refractivity contribution in [3.8, 4) is 0 Å². The molecule has 0 aliphatic carbocycles. The monoisotopic (exact) mass is 266 g/mol. The average molecular weight is 266 g/mol. The summed E-state index contributed by atoms with van der Waals surface area (Å²) in [5.74, 6) is 0.698. The quantitative estimate of drug-likeness (QED) is 0.359. The van der Waals surface area contributed by atoms with Gasteiger partial charge in [-0.15, -0.1) is 24.4 Å². The second kappa shape index (κ2) is 8.80. The van der Waals surface area contributed by atoms with Gasteiger partial charge in [0.05, 0.1) is 4.92 Å². The summed E-state index contributed by atoms with van der Waals surface area (Å²) < 4.78 is 0.416. The number of nitro groups is 1. The van der Waals surface area contributed by atoms with E-state index in [-0.39, 0.29) is 51.4 Å². The Morgan fingerprint density at radius 3 is 2.60 bits per heavy atom. The zero-order valence-electron chi connectivity index (χ0n) is 8.29. The van der Waals surface area contributed by atoms with E-state index in [0.717, 1.165) is 11.8 Å². The summed E-state index contributed by atoms with van der Waals surface area (Å²) in [4.78, 5) is 9.59. The standard InChI is InChI=1S/C9H9NO2S2.K/c11-10(12)6-9(13)14-7-8-4-2-1-3-5-8;/h1-6,13H,7H2;/q;+1/b9-6+;. The molecular formula is C9H9KNO2S2+. The fourth-order valence-electron chi connectivity index (χ4n) is 0.859. The smallest absolute Gasteiger partial charge is 0.259 e. The third-order valence-electron chi connectivity index (χ3n) is 1.45. The molecule has 6 heteroatoms. The Hall–Kier alpha value is 0.696. The van der Waals surface area contributed by atoms with Crippen LogP contribution in [0.5, 0.6) is 0 Å². The Balaban J connectivity index is 0.00000196. The van der Waals surface area contributed by atoms with E-state index in [1.165, 1.54) is 11.8 Å². The maximum Gasteiger partial charge on any atom is 1.00 e. The molecule has 74 valence electrons. The number of thiol groups is 1. The number of rotatable bonds is 4. The van der Waals surface area contributed by atoms with Crippen molar-refractivity contribution in [3.63, 3.8) is 0 Å². The van der Waals surface area contributed by atoms with Crippen molar-refractivity contribution in [1.82, 2.24) is 0 Å². The van der Waals surface area contributed by atoms with Crippen LogP contribution in [-0.2, 0) is 5.75 Å². The fourth-order valence-corrected chi connectivity index (χ4v) is 1.81. The maximum atomic E-state index is 10.1. The molecule has 0 aromatic heterocycles. The Kier molecular flexibility index (Phi) is 9.21. The van der Waals surface area contributed by atoms with Gasteiger partial charge in [0.15, 0.2) is 0 Å². The Morgan fingerprint density at radius 2 is 2.07 bits per heavy atom. The molecule has 0 spiro atoms. The van der Waals surface area contributed by atoms with Gasteiger partial charge in [0, 0.05) is 5.75 Å². The number of thioether (sulfide) groups is 1. The molecule has 0 N–H and O–H groups in total. The zero-order chi connectivity index (χ0) is 10.4. The van der Waals surface area contributed by atoms with Gasteiger partial charge in [0.2, 0.25) is 0 Å². The van der Waals surface area contributed by atoms with Crippen LogP contribution in [0.15, 0.2) is 40.8 Å². The molecule has 3 nitrogen and oxygen atoms in total. The summed E-state index contributed by atoms with van der Waals surface area (Å²) >= 11 is 5.32. The second-order valence-electron chi connectivity index (χ2n) is 2.53. The minimum absolute atomic E-state index is 0. The molecule has 0 atom stereocenters. The van der Waals surface area contributed by atoms with Gasteiger partial charge in [0.25, 0.3) is 6.20 Å². The summed E-state index contributed by atoms with van der Waals surface area (Å²) in [5, 5.41) is 10.1. The van der Waals surface area contributed by atoms with Crippen LogP contribution in [0, 0.1) is 10.1 Å². The van der Waals surface area contributed by atoms with E-state index in [9.17, 15) is 10.1 Å². The van der Waals surface area contributed by atoms with Crippen LogP contribution in [0.3, 0.4) is 0 Å². The van der Waals surface area contributed by atoms with Crippen LogP contribution in [0.25, 0.3) is 0 Å². The van der Waals surface area contributed by atoms with E-state index in [2.05, 4.69) is 12.6 Å². The van der Waals surface area contributed by atoms with Crippen LogP contribution >= 0.6 is 24.4 Å². The molecule has 0 bridgehead atoms. The first-order chi connectivity index (χ1) is 6.68. The summed E-state index contributed by atoms with van der Waals surface area (Å²) in [7, 11) is 0. The average Bonchev–Trinajstić information content (AvgIpc) is 2.15. The van der Waals surface area contributed by atoms with Gasteiger partial charge in [-0.1, -0.05) is 30.3 Å². The molecule has 15 heavy (non-hydrogen) atoms. The molecule has 0 unspecified atom stereocenters. The normalized spacial score (nSPS) is 10.6. The minimum atomic E-state index is -0.500. The van der Waals surface area contributed by atoms with E-state index in [4.69, 9.17) is 0 Å². The Morgan fingerprint density at radius 1 is 1.47 bits per heavy atom. The molecule has 1 aromatic rings. The van der Waals surface area contributed by atoms with Crippen LogP contribution in [0.1, 0.15) is 5.56 Å². The third-order valence-corrected chi connectivity index (χ3v) is 2.83. The van der Waals surface area contributed by atoms with E-state index in [1.807, 2.05) is 30.3 Å². The van der Waals surface area contributed by atoms with E-state index >= 15 is 0 Å². The molecule has 0 aliphatic rings.